The van der Waals surface area contributed by atoms with E-state index in [0.29, 0.717) is 12.5 Å². The van der Waals surface area contributed by atoms with Gasteiger partial charge in [-0.05, 0) is 17.7 Å². The third-order valence-corrected chi connectivity index (χ3v) is 3.44. The number of carbonyl (C=O) groups is 2. The summed E-state index contributed by atoms with van der Waals surface area (Å²) >= 11 is 0. The van der Waals surface area contributed by atoms with E-state index < -0.39 is 0 Å². The van der Waals surface area contributed by atoms with Crippen molar-refractivity contribution in [2.75, 3.05) is 25.0 Å². The fourth-order valence-corrected chi connectivity index (χ4v) is 2.38. The highest BCUT2D eigenvalue weighted by Gasteiger charge is 2.29. The number of fused-ring (bicyclic) bond motifs is 1. The van der Waals surface area contributed by atoms with Crippen molar-refractivity contribution in [3.05, 3.63) is 42.5 Å². The number of benzene rings is 1. The summed E-state index contributed by atoms with van der Waals surface area (Å²) in [5.41, 5.74) is 2.15. The van der Waals surface area contributed by atoms with Gasteiger partial charge in [-0.3, -0.25) is 9.59 Å². The highest BCUT2D eigenvalue weighted by atomic mass is 16.2. The van der Waals surface area contributed by atoms with Gasteiger partial charge in [-0.2, -0.15) is 0 Å². The predicted octanol–water partition coefficient (Wildman–Crippen LogP) is 1.78. The lowest BCUT2D eigenvalue weighted by Gasteiger charge is -2.21. The first kappa shape index (κ1) is 13.3. The van der Waals surface area contributed by atoms with Crippen LogP contribution in [0.2, 0.25) is 0 Å². The monoisotopic (exact) mass is 258 g/mol. The Kier molecular flexibility index (Phi) is 3.69. The van der Waals surface area contributed by atoms with E-state index in [-0.39, 0.29) is 18.4 Å². The summed E-state index contributed by atoms with van der Waals surface area (Å²) in [4.78, 5) is 26.8. The number of para-hydroxylation sites is 1. The van der Waals surface area contributed by atoms with Crippen molar-refractivity contribution in [3.8, 4) is 0 Å². The van der Waals surface area contributed by atoms with Crippen LogP contribution < -0.4 is 4.90 Å². The van der Waals surface area contributed by atoms with Gasteiger partial charge < -0.3 is 9.80 Å². The lowest BCUT2D eigenvalue weighted by molar-refractivity contribution is -0.130. The second kappa shape index (κ2) is 5.26. The molecule has 0 aromatic heterocycles. The van der Waals surface area contributed by atoms with Gasteiger partial charge >= 0.3 is 0 Å². The second-order valence-electron chi connectivity index (χ2n) is 4.86. The van der Waals surface area contributed by atoms with Gasteiger partial charge in [0.1, 0.15) is 6.54 Å². The van der Waals surface area contributed by atoms with Crippen molar-refractivity contribution < 1.29 is 9.59 Å². The van der Waals surface area contributed by atoms with Gasteiger partial charge in [-0.1, -0.05) is 31.7 Å². The Morgan fingerprint density at radius 1 is 1.47 bits per heavy atom. The van der Waals surface area contributed by atoms with Crippen LogP contribution in [0.25, 0.3) is 0 Å². The van der Waals surface area contributed by atoms with E-state index >= 15 is 0 Å². The first-order valence-electron chi connectivity index (χ1n) is 6.31. The normalized spacial score (nSPS) is 16.9. The molecule has 4 nitrogen and oxygen atoms in total. The van der Waals surface area contributed by atoms with Crippen LogP contribution in [0.15, 0.2) is 36.9 Å². The molecular formula is C15H18N2O2. The van der Waals surface area contributed by atoms with Crippen molar-refractivity contribution in [2.24, 2.45) is 0 Å². The van der Waals surface area contributed by atoms with Crippen LogP contribution in [0, 0.1) is 0 Å². The summed E-state index contributed by atoms with van der Waals surface area (Å²) in [6.07, 6.45) is 1.22. The molecule has 0 radical (unpaired) electrons. The zero-order chi connectivity index (χ0) is 14.0. The van der Waals surface area contributed by atoms with Crippen molar-refractivity contribution in [1.82, 2.24) is 4.90 Å². The minimum Gasteiger partial charge on any atom is -0.333 e. The lowest BCUT2D eigenvalue weighted by Crippen LogP contribution is -2.40. The summed E-state index contributed by atoms with van der Waals surface area (Å²) < 4.78 is 0. The van der Waals surface area contributed by atoms with Gasteiger partial charge in [0, 0.05) is 25.2 Å². The molecule has 0 saturated heterocycles. The molecule has 2 amide bonds. The van der Waals surface area contributed by atoms with E-state index in [1.165, 1.54) is 16.5 Å². The molecule has 1 aliphatic heterocycles. The molecule has 0 bridgehead atoms. The van der Waals surface area contributed by atoms with E-state index in [2.05, 4.69) is 13.5 Å². The minimum absolute atomic E-state index is 0.0606. The molecule has 4 heteroatoms. The maximum Gasteiger partial charge on any atom is 0.246 e. The van der Waals surface area contributed by atoms with Gasteiger partial charge in [0.15, 0.2) is 0 Å². The molecule has 0 fully saturated rings. The molecule has 0 saturated carbocycles. The number of hydrogen-bond acceptors (Lipinski definition) is 2. The van der Waals surface area contributed by atoms with E-state index in [9.17, 15) is 9.59 Å². The fourth-order valence-electron chi connectivity index (χ4n) is 2.38. The molecule has 1 aromatic carbocycles. The summed E-state index contributed by atoms with van der Waals surface area (Å²) in [6, 6.07) is 7.91. The Labute approximate surface area is 113 Å². The first-order valence-corrected chi connectivity index (χ1v) is 6.31. The lowest BCUT2D eigenvalue weighted by atomic mass is 10.0. The predicted molar refractivity (Wildman–Crippen MR) is 75.0 cm³/mol. The van der Waals surface area contributed by atoms with E-state index in [1.807, 2.05) is 24.3 Å². The highest BCUT2D eigenvalue weighted by Crippen LogP contribution is 2.35. The number of likely N-dealkylation sites (N-methyl/N-ethyl adjacent to an activating group) is 1. The zero-order valence-electron chi connectivity index (χ0n) is 11.3. The largest absolute Gasteiger partial charge is 0.333 e. The average molecular weight is 258 g/mol. The summed E-state index contributed by atoms with van der Waals surface area (Å²) in [5.74, 6) is 0.0314. The number of amides is 2. The Morgan fingerprint density at radius 2 is 2.16 bits per heavy atom. The van der Waals surface area contributed by atoms with E-state index in [4.69, 9.17) is 0 Å². The number of nitrogens with zero attached hydrogens (tertiary/aromatic N) is 2. The van der Waals surface area contributed by atoms with E-state index in [1.54, 1.807) is 11.9 Å². The van der Waals surface area contributed by atoms with E-state index in [0.717, 1.165) is 5.69 Å². The number of hydrogen-bond donors (Lipinski definition) is 0. The van der Waals surface area contributed by atoms with Gasteiger partial charge in [0.2, 0.25) is 11.8 Å². The Morgan fingerprint density at radius 3 is 2.84 bits per heavy atom. The summed E-state index contributed by atoms with van der Waals surface area (Å²) in [7, 11) is 1.60. The number of carbonyl (C=O) groups excluding carboxylic acids is 2. The Bertz CT molecular complexity index is 525. The summed E-state index contributed by atoms with van der Waals surface area (Å²) in [5, 5.41) is 0. The van der Waals surface area contributed by atoms with Crippen LogP contribution in [-0.2, 0) is 9.59 Å². The molecule has 0 spiro atoms. The van der Waals surface area contributed by atoms with Crippen molar-refractivity contribution in [2.45, 2.75) is 12.8 Å². The van der Waals surface area contributed by atoms with Crippen LogP contribution in [0.5, 0.6) is 0 Å². The van der Waals surface area contributed by atoms with Gasteiger partial charge in [0.05, 0.1) is 0 Å². The van der Waals surface area contributed by atoms with Crippen molar-refractivity contribution >= 4 is 17.5 Å². The molecule has 1 atom stereocenters. The standard InChI is InChI=1S/C15H18N2O2/c1-4-14(18)16(3)10-15(19)17-9-11(2)12-7-5-6-8-13(12)17/h4-8,11H,1,9-10H2,2-3H3. The Hall–Kier alpha value is -2.10. The molecule has 1 unspecified atom stereocenters. The second-order valence-corrected chi connectivity index (χ2v) is 4.86. The molecule has 1 aliphatic rings. The minimum atomic E-state index is -0.242. The van der Waals surface area contributed by atoms with Crippen LogP contribution in [0.4, 0.5) is 5.69 Å². The topological polar surface area (TPSA) is 40.6 Å². The maximum atomic E-state index is 12.3. The third kappa shape index (κ3) is 2.52. The number of rotatable bonds is 3. The highest BCUT2D eigenvalue weighted by molar-refractivity contribution is 5.99. The van der Waals surface area contributed by atoms with Crippen LogP contribution in [0.3, 0.4) is 0 Å². The molecule has 2 rings (SSSR count). The average Bonchev–Trinajstić information content (AvgIpc) is 2.76. The smallest absolute Gasteiger partial charge is 0.246 e. The fraction of sp³-hybridized carbons (Fsp3) is 0.333. The quantitative estimate of drug-likeness (QED) is 0.775. The first-order chi connectivity index (χ1) is 9.04. The molecule has 0 N–H and O–H groups in total. The SMILES string of the molecule is C=CC(=O)N(C)CC(=O)N1CC(C)c2ccccc21. The third-order valence-electron chi connectivity index (χ3n) is 3.44. The summed E-state index contributed by atoms with van der Waals surface area (Å²) in [6.45, 7) is 6.27. The van der Waals surface area contributed by atoms with Crippen LogP contribution >= 0.6 is 0 Å². The van der Waals surface area contributed by atoms with Crippen molar-refractivity contribution in [1.29, 1.82) is 0 Å². The zero-order valence-corrected chi connectivity index (χ0v) is 11.3. The van der Waals surface area contributed by atoms with Crippen LogP contribution in [0.1, 0.15) is 18.4 Å². The molecular weight excluding hydrogens is 240 g/mol. The van der Waals surface area contributed by atoms with Crippen LogP contribution in [-0.4, -0.2) is 36.9 Å². The van der Waals surface area contributed by atoms with Gasteiger partial charge in [-0.15, -0.1) is 0 Å². The van der Waals surface area contributed by atoms with Gasteiger partial charge in [0.25, 0.3) is 0 Å². The molecule has 100 valence electrons. The number of anilines is 1. The molecule has 19 heavy (non-hydrogen) atoms. The molecule has 0 aliphatic carbocycles. The maximum absolute atomic E-state index is 12.3. The molecule has 1 aromatic rings. The molecule has 1 heterocycles. The van der Waals surface area contributed by atoms with Gasteiger partial charge in [-0.25, -0.2) is 0 Å². The van der Waals surface area contributed by atoms with Crippen molar-refractivity contribution in [3.63, 3.8) is 0 Å². The Balaban J connectivity index is 2.14.